The fourth-order valence-electron chi connectivity index (χ4n) is 1.91. The maximum Gasteiger partial charge on any atom is 0.416 e. The predicted octanol–water partition coefficient (Wildman–Crippen LogP) is 4.83. The lowest BCUT2D eigenvalue weighted by atomic mass is 9.95. The largest absolute Gasteiger partial charge is 0.416 e. The van der Waals surface area contributed by atoms with Gasteiger partial charge >= 0.3 is 6.18 Å². The molecule has 20 heavy (non-hydrogen) atoms. The Labute approximate surface area is 126 Å². The van der Waals surface area contributed by atoms with Crippen LogP contribution in [0, 0.1) is 0 Å². The monoisotopic (exact) mass is 321 g/mol. The minimum atomic E-state index is -4.42. The molecule has 2 aromatic carbocycles. The molecule has 2 rings (SSSR count). The van der Waals surface area contributed by atoms with Crippen molar-refractivity contribution in [1.29, 1.82) is 0 Å². The zero-order chi connectivity index (χ0) is 14.0. The highest BCUT2D eigenvalue weighted by Crippen LogP contribution is 2.35. The van der Waals surface area contributed by atoms with Crippen LogP contribution in [0.2, 0.25) is 5.02 Å². The Morgan fingerprint density at radius 3 is 2.25 bits per heavy atom. The van der Waals surface area contributed by atoms with Crippen molar-refractivity contribution in [3.8, 4) is 0 Å². The van der Waals surface area contributed by atoms with Crippen molar-refractivity contribution in [2.24, 2.45) is 5.73 Å². The second-order valence-electron chi connectivity index (χ2n) is 4.12. The third-order valence-electron chi connectivity index (χ3n) is 2.81. The maximum absolute atomic E-state index is 12.9. The van der Waals surface area contributed by atoms with E-state index in [1.807, 2.05) is 0 Å². The SMILES string of the molecule is Cl.NC(c1cccc(Cl)c1)c1ccccc1C(F)(F)F. The van der Waals surface area contributed by atoms with E-state index in [1.165, 1.54) is 18.2 Å². The van der Waals surface area contributed by atoms with Crippen LogP contribution < -0.4 is 5.73 Å². The van der Waals surface area contributed by atoms with Gasteiger partial charge in [0.15, 0.2) is 0 Å². The van der Waals surface area contributed by atoms with Crippen LogP contribution in [0.3, 0.4) is 0 Å². The van der Waals surface area contributed by atoms with E-state index < -0.39 is 17.8 Å². The highest BCUT2D eigenvalue weighted by molar-refractivity contribution is 6.30. The molecule has 0 spiro atoms. The minimum absolute atomic E-state index is 0. The molecule has 0 bridgehead atoms. The Kier molecular flexibility index (Phi) is 5.45. The van der Waals surface area contributed by atoms with E-state index in [0.29, 0.717) is 10.6 Å². The van der Waals surface area contributed by atoms with Gasteiger partial charge in [-0.3, -0.25) is 0 Å². The number of rotatable bonds is 2. The molecular weight excluding hydrogens is 310 g/mol. The van der Waals surface area contributed by atoms with Gasteiger partial charge in [0.1, 0.15) is 0 Å². The molecule has 0 saturated carbocycles. The fourth-order valence-corrected chi connectivity index (χ4v) is 2.10. The van der Waals surface area contributed by atoms with Crippen molar-refractivity contribution in [3.05, 3.63) is 70.2 Å². The van der Waals surface area contributed by atoms with Gasteiger partial charge in [0.05, 0.1) is 11.6 Å². The number of halogens is 5. The molecule has 1 atom stereocenters. The van der Waals surface area contributed by atoms with E-state index in [0.717, 1.165) is 6.07 Å². The van der Waals surface area contributed by atoms with Gasteiger partial charge in [-0.15, -0.1) is 12.4 Å². The summed E-state index contributed by atoms with van der Waals surface area (Å²) < 4.78 is 38.8. The summed E-state index contributed by atoms with van der Waals surface area (Å²) >= 11 is 5.83. The molecule has 1 nitrogen and oxygen atoms in total. The first-order chi connectivity index (χ1) is 8.89. The molecule has 0 saturated heterocycles. The Hall–Kier alpha value is -1.23. The van der Waals surface area contributed by atoms with Gasteiger partial charge < -0.3 is 5.73 Å². The van der Waals surface area contributed by atoms with Gasteiger partial charge in [-0.05, 0) is 29.3 Å². The summed E-state index contributed by atoms with van der Waals surface area (Å²) in [6, 6.07) is 11.0. The summed E-state index contributed by atoms with van der Waals surface area (Å²) in [7, 11) is 0. The van der Waals surface area contributed by atoms with E-state index in [9.17, 15) is 13.2 Å². The van der Waals surface area contributed by atoms with E-state index in [4.69, 9.17) is 17.3 Å². The molecule has 0 fully saturated rings. The molecule has 0 aliphatic carbocycles. The van der Waals surface area contributed by atoms with Crippen molar-refractivity contribution in [2.75, 3.05) is 0 Å². The molecule has 0 aromatic heterocycles. The summed E-state index contributed by atoms with van der Waals surface area (Å²) in [5, 5.41) is 0.442. The number of hydrogen-bond acceptors (Lipinski definition) is 1. The number of nitrogens with two attached hydrogens (primary N) is 1. The lowest BCUT2D eigenvalue weighted by Crippen LogP contribution is -2.18. The van der Waals surface area contributed by atoms with Gasteiger partial charge in [0.2, 0.25) is 0 Å². The van der Waals surface area contributed by atoms with Crippen molar-refractivity contribution >= 4 is 24.0 Å². The topological polar surface area (TPSA) is 26.0 Å². The average molecular weight is 322 g/mol. The van der Waals surface area contributed by atoms with E-state index in [-0.39, 0.29) is 18.0 Å². The molecule has 0 aliphatic rings. The summed E-state index contributed by atoms with van der Waals surface area (Å²) in [6.07, 6.45) is -4.42. The van der Waals surface area contributed by atoms with Crippen LogP contribution >= 0.6 is 24.0 Å². The highest BCUT2D eigenvalue weighted by atomic mass is 35.5. The standard InChI is InChI=1S/C14H11ClF3N.ClH/c15-10-5-3-4-9(8-10)13(19)11-6-1-2-7-12(11)14(16,17)18;/h1-8,13H,19H2;1H. The Bertz CT molecular complexity index is 585. The number of hydrogen-bond donors (Lipinski definition) is 1. The normalized spacial score (nSPS) is 12.7. The molecular formula is C14H12Cl2F3N. The Morgan fingerprint density at radius 2 is 1.65 bits per heavy atom. The van der Waals surface area contributed by atoms with Crippen molar-refractivity contribution in [2.45, 2.75) is 12.2 Å². The minimum Gasteiger partial charge on any atom is -0.320 e. The fraction of sp³-hybridized carbons (Fsp3) is 0.143. The second kappa shape index (κ2) is 6.48. The van der Waals surface area contributed by atoms with Gasteiger partial charge in [0, 0.05) is 5.02 Å². The first-order valence-corrected chi connectivity index (χ1v) is 5.94. The lowest BCUT2D eigenvalue weighted by Gasteiger charge is -2.18. The van der Waals surface area contributed by atoms with Crippen LogP contribution in [0.15, 0.2) is 48.5 Å². The first kappa shape index (κ1) is 16.8. The van der Waals surface area contributed by atoms with Crippen molar-refractivity contribution in [1.82, 2.24) is 0 Å². The van der Waals surface area contributed by atoms with Crippen LogP contribution in [-0.2, 0) is 6.18 Å². The molecule has 0 amide bonds. The summed E-state index contributed by atoms with van der Waals surface area (Å²) in [6.45, 7) is 0. The Balaban J connectivity index is 0.00000200. The molecule has 2 N–H and O–H groups in total. The van der Waals surface area contributed by atoms with E-state index in [1.54, 1.807) is 24.3 Å². The second-order valence-corrected chi connectivity index (χ2v) is 4.55. The first-order valence-electron chi connectivity index (χ1n) is 5.57. The summed E-state index contributed by atoms with van der Waals surface area (Å²) in [5.74, 6) is 0. The maximum atomic E-state index is 12.9. The highest BCUT2D eigenvalue weighted by Gasteiger charge is 2.34. The van der Waals surface area contributed by atoms with Crippen LogP contribution in [0.1, 0.15) is 22.7 Å². The van der Waals surface area contributed by atoms with Gasteiger partial charge in [0.25, 0.3) is 0 Å². The Morgan fingerprint density at radius 1 is 1.00 bits per heavy atom. The van der Waals surface area contributed by atoms with E-state index >= 15 is 0 Å². The smallest absolute Gasteiger partial charge is 0.320 e. The third-order valence-corrected chi connectivity index (χ3v) is 3.04. The van der Waals surface area contributed by atoms with Gasteiger partial charge in [-0.2, -0.15) is 13.2 Å². The van der Waals surface area contributed by atoms with Crippen LogP contribution in [-0.4, -0.2) is 0 Å². The quantitative estimate of drug-likeness (QED) is 0.842. The molecule has 108 valence electrons. The number of alkyl halides is 3. The molecule has 0 aliphatic heterocycles. The molecule has 2 aromatic rings. The van der Waals surface area contributed by atoms with Crippen LogP contribution in [0.25, 0.3) is 0 Å². The lowest BCUT2D eigenvalue weighted by molar-refractivity contribution is -0.138. The molecule has 1 unspecified atom stereocenters. The number of benzene rings is 2. The molecule has 0 heterocycles. The van der Waals surface area contributed by atoms with Gasteiger partial charge in [-0.25, -0.2) is 0 Å². The summed E-state index contributed by atoms with van der Waals surface area (Å²) in [4.78, 5) is 0. The van der Waals surface area contributed by atoms with E-state index in [2.05, 4.69) is 0 Å². The molecule has 0 radical (unpaired) electrons. The van der Waals surface area contributed by atoms with Gasteiger partial charge in [-0.1, -0.05) is 41.9 Å². The summed E-state index contributed by atoms with van der Waals surface area (Å²) in [5.41, 5.74) is 5.79. The zero-order valence-electron chi connectivity index (χ0n) is 10.2. The van der Waals surface area contributed by atoms with Crippen molar-refractivity contribution < 1.29 is 13.2 Å². The molecule has 6 heteroatoms. The van der Waals surface area contributed by atoms with Crippen LogP contribution in [0.5, 0.6) is 0 Å². The van der Waals surface area contributed by atoms with Crippen molar-refractivity contribution in [3.63, 3.8) is 0 Å². The third kappa shape index (κ3) is 3.66. The predicted molar refractivity (Wildman–Crippen MR) is 76.2 cm³/mol. The average Bonchev–Trinajstić information content (AvgIpc) is 2.37. The van der Waals surface area contributed by atoms with Crippen LogP contribution in [0.4, 0.5) is 13.2 Å². The zero-order valence-corrected chi connectivity index (χ0v) is 11.8.